The summed E-state index contributed by atoms with van der Waals surface area (Å²) in [6.07, 6.45) is 6.67. The average molecular weight is 378 g/mol. The van der Waals surface area contributed by atoms with Crippen LogP contribution in [-0.2, 0) is 6.42 Å². The highest BCUT2D eigenvalue weighted by Crippen LogP contribution is 2.42. The third kappa shape index (κ3) is 3.56. The van der Waals surface area contributed by atoms with Crippen LogP contribution in [0, 0.1) is 0 Å². The Balaban J connectivity index is 2.41. The molecule has 22 heavy (non-hydrogen) atoms. The van der Waals surface area contributed by atoms with Crippen LogP contribution in [0.2, 0.25) is 10.0 Å². The number of hydrogen-bond acceptors (Lipinski definition) is 6. The van der Waals surface area contributed by atoms with Gasteiger partial charge in [0.25, 0.3) is 0 Å². The molecular weight excluding hydrogens is 365 g/mol. The summed E-state index contributed by atoms with van der Waals surface area (Å²) in [5.41, 5.74) is 1.11. The maximum absolute atomic E-state index is 12.4. The number of thioether (sulfide) groups is 2. The summed E-state index contributed by atoms with van der Waals surface area (Å²) in [6.45, 7) is 0. The highest BCUT2D eigenvalue weighted by molar-refractivity contribution is 8.21. The van der Waals surface area contributed by atoms with E-state index in [1.54, 1.807) is 12.1 Å². The summed E-state index contributed by atoms with van der Waals surface area (Å²) in [5.74, 6) is 0.236. The minimum atomic E-state index is -0.414. The summed E-state index contributed by atoms with van der Waals surface area (Å²) in [6, 6.07) is 1.69. The number of allylic oxidation sites excluding steroid dienone is 1. The number of rotatable bonds is 5. The highest BCUT2D eigenvalue weighted by atomic mass is 35.5. The first kappa shape index (κ1) is 17.5. The van der Waals surface area contributed by atoms with E-state index in [9.17, 15) is 4.79 Å². The largest absolute Gasteiger partial charge is 0.482 e. The lowest BCUT2D eigenvalue weighted by atomic mass is 10.0. The van der Waals surface area contributed by atoms with Gasteiger partial charge in [-0.15, -0.1) is 23.5 Å². The zero-order chi connectivity index (χ0) is 16.3. The van der Waals surface area contributed by atoms with Crippen LogP contribution in [0.25, 0.3) is 0 Å². The van der Waals surface area contributed by atoms with Gasteiger partial charge in [0.15, 0.2) is 5.78 Å². The Labute approximate surface area is 146 Å². The van der Waals surface area contributed by atoms with Crippen molar-refractivity contribution in [2.75, 3.05) is 12.5 Å². The molecule has 118 valence electrons. The molecule has 1 aromatic rings. The molecule has 0 amide bonds. The molecule has 1 aliphatic heterocycles. The van der Waals surface area contributed by atoms with Gasteiger partial charge in [-0.1, -0.05) is 28.4 Å². The van der Waals surface area contributed by atoms with Gasteiger partial charge in [0.1, 0.15) is 16.9 Å². The van der Waals surface area contributed by atoms with E-state index in [2.05, 4.69) is 5.16 Å². The lowest BCUT2D eigenvalue weighted by Gasteiger charge is -2.09. The lowest BCUT2D eigenvalue weighted by Crippen LogP contribution is -2.14. The summed E-state index contributed by atoms with van der Waals surface area (Å²) < 4.78 is 6.44. The van der Waals surface area contributed by atoms with Gasteiger partial charge in [0, 0.05) is 27.9 Å². The van der Waals surface area contributed by atoms with Gasteiger partial charge in [-0.3, -0.25) is 4.79 Å². The summed E-state index contributed by atoms with van der Waals surface area (Å²) in [7, 11) is 0. The van der Waals surface area contributed by atoms with Crippen LogP contribution in [0.15, 0.2) is 21.5 Å². The number of carbonyl (C=O) groups excluding carboxylic acids is 1. The molecule has 0 fully saturated rings. The van der Waals surface area contributed by atoms with E-state index in [1.807, 2.05) is 12.5 Å². The van der Waals surface area contributed by atoms with Gasteiger partial charge in [-0.2, -0.15) is 0 Å². The van der Waals surface area contributed by atoms with Crippen molar-refractivity contribution < 1.29 is 14.7 Å². The quantitative estimate of drug-likeness (QED) is 0.269. The topological polar surface area (TPSA) is 58.9 Å². The van der Waals surface area contributed by atoms with Crippen LogP contribution in [0.1, 0.15) is 15.9 Å². The monoisotopic (exact) mass is 377 g/mol. The molecule has 0 aromatic heterocycles. The number of carbonyl (C=O) groups is 1. The first-order valence-electron chi connectivity index (χ1n) is 6.20. The molecule has 0 saturated heterocycles. The van der Waals surface area contributed by atoms with Crippen LogP contribution in [0.5, 0.6) is 5.75 Å². The lowest BCUT2D eigenvalue weighted by molar-refractivity contribution is 0.104. The molecule has 0 aliphatic carbocycles. The van der Waals surface area contributed by atoms with Crippen molar-refractivity contribution in [1.82, 2.24) is 0 Å². The highest BCUT2D eigenvalue weighted by Gasteiger charge is 2.28. The number of benzene rings is 1. The number of ketones is 1. The Kier molecular flexibility index (Phi) is 6.09. The minimum Gasteiger partial charge on any atom is -0.482 e. The van der Waals surface area contributed by atoms with E-state index in [0.29, 0.717) is 17.7 Å². The molecule has 1 atom stereocenters. The van der Waals surface area contributed by atoms with E-state index in [1.165, 1.54) is 29.7 Å². The third-order valence-corrected chi connectivity index (χ3v) is 5.97. The fraction of sp³-hybridized carbons (Fsp3) is 0.286. The predicted octanol–water partition coefficient (Wildman–Crippen LogP) is 4.51. The van der Waals surface area contributed by atoms with E-state index in [0.717, 1.165) is 9.80 Å². The van der Waals surface area contributed by atoms with Gasteiger partial charge >= 0.3 is 0 Å². The Bertz CT molecular complexity index is 656. The van der Waals surface area contributed by atoms with Crippen LogP contribution in [-0.4, -0.2) is 35.8 Å². The van der Waals surface area contributed by atoms with E-state index >= 15 is 0 Å². The third-order valence-electron chi connectivity index (χ3n) is 3.08. The second kappa shape index (κ2) is 7.64. The predicted molar refractivity (Wildman–Crippen MR) is 94.3 cm³/mol. The van der Waals surface area contributed by atoms with Crippen molar-refractivity contribution in [3.8, 4) is 5.75 Å². The maximum Gasteiger partial charge on any atom is 0.189 e. The molecule has 1 unspecified atom stereocenters. The van der Waals surface area contributed by atoms with Crippen LogP contribution in [0.3, 0.4) is 0 Å². The van der Waals surface area contributed by atoms with Crippen molar-refractivity contribution in [2.24, 2.45) is 5.16 Å². The van der Waals surface area contributed by atoms with Crippen molar-refractivity contribution in [3.05, 3.63) is 37.6 Å². The fourth-order valence-electron chi connectivity index (χ4n) is 2.07. The second-order valence-corrected chi connectivity index (χ2v) is 7.11. The van der Waals surface area contributed by atoms with Gasteiger partial charge < -0.3 is 9.94 Å². The number of oxime groups is 1. The van der Waals surface area contributed by atoms with Gasteiger partial charge in [0.2, 0.25) is 0 Å². The summed E-state index contributed by atoms with van der Waals surface area (Å²) in [5, 5.41) is 11.9. The van der Waals surface area contributed by atoms with Crippen molar-refractivity contribution >= 4 is 58.7 Å². The zero-order valence-electron chi connectivity index (χ0n) is 11.8. The SMILES string of the molecule is CSC(=CC(=O)c1cc2c(c(Cl)c1Cl)OC(/C=N\O)C2)SC. The smallest absolute Gasteiger partial charge is 0.189 e. The normalized spacial score (nSPS) is 16.5. The van der Waals surface area contributed by atoms with E-state index in [-0.39, 0.29) is 15.8 Å². The van der Waals surface area contributed by atoms with E-state index < -0.39 is 6.10 Å². The molecule has 0 bridgehead atoms. The van der Waals surface area contributed by atoms with E-state index in [4.69, 9.17) is 33.1 Å². The molecule has 1 heterocycles. The summed E-state index contributed by atoms with van der Waals surface area (Å²) >= 11 is 15.4. The van der Waals surface area contributed by atoms with Crippen LogP contribution < -0.4 is 4.74 Å². The Hall–Kier alpha value is -0.820. The van der Waals surface area contributed by atoms with Crippen LogP contribution >= 0.6 is 46.7 Å². The molecule has 1 N–H and O–H groups in total. The fourth-order valence-corrected chi connectivity index (χ4v) is 3.69. The number of nitrogens with zero attached hydrogens (tertiary/aromatic N) is 1. The molecule has 0 saturated carbocycles. The zero-order valence-corrected chi connectivity index (χ0v) is 14.9. The molecule has 0 radical (unpaired) electrons. The standard InChI is InChI=1S/C14H13Cl2NO3S2/c1-21-11(22-2)5-10(18)9-4-7-3-8(6-17-19)20-14(7)13(16)12(9)15/h4-6,8,19H,3H2,1-2H3/b17-6-. The second-order valence-electron chi connectivity index (χ2n) is 4.40. The Morgan fingerprint density at radius 3 is 2.68 bits per heavy atom. The summed E-state index contributed by atoms with van der Waals surface area (Å²) in [4.78, 5) is 12.4. The molecule has 0 spiro atoms. The molecule has 1 aromatic carbocycles. The number of hydrogen-bond donors (Lipinski definition) is 1. The molecule has 4 nitrogen and oxygen atoms in total. The van der Waals surface area contributed by atoms with Crippen molar-refractivity contribution in [2.45, 2.75) is 12.5 Å². The van der Waals surface area contributed by atoms with Gasteiger partial charge in [-0.05, 0) is 18.6 Å². The minimum absolute atomic E-state index is 0.171. The first-order chi connectivity index (χ1) is 10.5. The Morgan fingerprint density at radius 1 is 1.41 bits per heavy atom. The van der Waals surface area contributed by atoms with Crippen molar-refractivity contribution in [1.29, 1.82) is 0 Å². The average Bonchev–Trinajstić information content (AvgIpc) is 2.91. The number of fused-ring (bicyclic) bond motifs is 1. The Morgan fingerprint density at radius 2 is 2.09 bits per heavy atom. The number of halogens is 2. The molecule has 2 rings (SSSR count). The van der Waals surface area contributed by atoms with Crippen molar-refractivity contribution in [3.63, 3.8) is 0 Å². The molecule has 1 aliphatic rings. The number of ether oxygens (including phenoxy) is 1. The van der Waals surface area contributed by atoms with Gasteiger partial charge in [-0.25, -0.2) is 0 Å². The maximum atomic E-state index is 12.4. The van der Waals surface area contributed by atoms with Crippen LogP contribution in [0.4, 0.5) is 0 Å². The van der Waals surface area contributed by atoms with Gasteiger partial charge in [0.05, 0.1) is 11.2 Å². The first-order valence-corrected chi connectivity index (χ1v) is 9.41. The molecular formula is C14H13Cl2NO3S2. The molecule has 8 heteroatoms.